The van der Waals surface area contributed by atoms with Gasteiger partial charge in [0.2, 0.25) is 0 Å². The summed E-state index contributed by atoms with van der Waals surface area (Å²) in [4.78, 5) is 18.8. The van der Waals surface area contributed by atoms with Crippen molar-refractivity contribution in [1.82, 2.24) is 9.66 Å². The summed E-state index contributed by atoms with van der Waals surface area (Å²) in [6.45, 7) is 3.89. The molecule has 3 heterocycles. The van der Waals surface area contributed by atoms with Crippen LogP contribution in [-0.2, 0) is 0 Å². The van der Waals surface area contributed by atoms with E-state index in [0.717, 1.165) is 15.3 Å². The standard InChI is InChI=1S/C19H13Cl2N3O2S/c1-10-11(2)27-18-17(10)19(25)24(9-22-18)23-8-13-4-6-16(26-13)14-7-12(20)3-5-15(14)21/h3-9H,1-2H3/b23-8+. The van der Waals surface area contributed by atoms with Crippen molar-refractivity contribution in [2.75, 3.05) is 0 Å². The molecule has 0 fully saturated rings. The number of thiophene rings is 1. The van der Waals surface area contributed by atoms with E-state index in [2.05, 4.69) is 10.1 Å². The Labute approximate surface area is 168 Å². The number of aromatic nitrogens is 2. The quantitative estimate of drug-likeness (QED) is 0.412. The van der Waals surface area contributed by atoms with E-state index in [1.807, 2.05) is 13.8 Å². The van der Waals surface area contributed by atoms with E-state index in [0.29, 0.717) is 32.5 Å². The van der Waals surface area contributed by atoms with Crippen LogP contribution in [-0.4, -0.2) is 15.9 Å². The summed E-state index contributed by atoms with van der Waals surface area (Å²) in [6, 6.07) is 8.67. The van der Waals surface area contributed by atoms with Gasteiger partial charge in [-0.25, -0.2) is 4.98 Å². The van der Waals surface area contributed by atoms with Gasteiger partial charge >= 0.3 is 0 Å². The second-order valence-corrected chi connectivity index (χ2v) is 7.98. The van der Waals surface area contributed by atoms with Gasteiger partial charge in [0.25, 0.3) is 5.56 Å². The Morgan fingerprint density at radius 3 is 2.85 bits per heavy atom. The van der Waals surface area contributed by atoms with Crippen LogP contribution in [0.25, 0.3) is 21.5 Å². The number of benzene rings is 1. The number of furan rings is 1. The first-order chi connectivity index (χ1) is 12.9. The highest BCUT2D eigenvalue weighted by atomic mass is 35.5. The molecule has 0 bridgehead atoms. The zero-order chi connectivity index (χ0) is 19.1. The number of hydrogen-bond donors (Lipinski definition) is 0. The molecule has 0 radical (unpaired) electrons. The van der Waals surface area contributed by atoms with Crippen molar-refractivity contribution in [3.63, 3.8) is 0 Å². The molecule has 4 aromatic rings. The lowest BCUT2D eigenvalue weighted by atomic mass is 10.2. The predicted octanol–water partition coefficient (Wildman–Crippen LogP) is 5.52. The minimum atomic E-state index is -0.206. The molecular weight excluding hydrogens is 405 g/mol. The summed E-state index contributed by atoms with van der Waals surface area (Å²) in [5, 5.41) is 5.89. The van der Waals surface area contributed by atoms with Crippen molar-refractivity contribution in [3.05, 3.63) is 73.3 Å². The van der Waals surface area contributed by atoms with E-state index in [9.17, 15) is 4.79 Å². The highest BCUT2D eigenvalue weighted by Gasteiger charge is 2.12. The van der Waals surface area contributed by atoms with Crippen LogP contribution in [0.2, 0.25) is 10.0 Å². The van der Waals surface area contributed by atoms with E-state index < -0.39 is 0 Å². The van der Waals surface area contributed by atoms with E-state index in [-0.39, 0.29) is 5.56 Å². The summed E-state index contributed by atoms with van der Waals surface area (Å²) >= 11 is 13.7. The average Bonchev–Trinajstić information content (AvgIpc) is 3.22. The Morgan fingerprint density at radius 2 is 2.04 bits per heavy atom. The molecule has 0 aliphatic rings. The van der Waals surface area contributed by atoms with E-state index >= 15 is 0 Å². The maximum absolute atomic E-state index is 12.6. The Kier molecular flexibility index (Phi) is 4.63. The van der Waals surface area contributed by atoms with Crippen LogP contribution in [0.5, 0.6) is 0 Å². The fraction of sp³-hybridized carbons (Fsp3) is 0.105. The molecule has 0 N–H and O–H groups in total. The van der Waals surface area contributed by atoms with Crippen LogP contribution in [0.3, 0.4) is 0 Å². The molecular formula is C19H13Cl2N3O2S. The van der Waals surface area contributed by atoms with Gasteiger partial charge in [0, 0.05) is 15.5 Å². The lowest BCUT2D eigenvalue weighted by molar-refractivity contribution is 0.574. The minimum Gasteiger partial charge on any atom is -0.455 e. The van der Waals surface area contributed by atoms with E-state index in [1.165, 1.54) is 28.6 Å². The predicted molar refractivity (Wildman–Crippen MR) is 111 cm³/mol. The fourth-order valence-electron chi connectivity index (χ4n) is 2.68. The second-order valence-electron chi connectivity index (χ2n) is 5.93. The summed E-state index contributed by atoms with van der Waals surface area (Å²) in [5.41, 5.74) is 1.42. The number of hydrogen-bond acceptors (Lipinski definition) is 5. The molecule has 1 aromatic carbocycles. The molecule has 27 heavy (non-hydrogen) atoms. The molecule has 0 spiro atoms. The summed E-state index contributed by atoms with van der Waals surface area (Å²) < 4.78 is 6.96. The molecule has 0 saturated carbocycles. The number of aryl methyl sites for hydroxylation is 2. The van der Waals surface area contributed by atoms with E-state index in [4.69, 9.17) is 27.6 Å². The highest BCUT2D eigenvalue weighted by molar-refractivity contribution is 7.18. The van der Waals surface area contributed by atoms with Gasteiger partial charge in [-0.05, 0) is 49.7 Å². The first-order valence-corrected chi connectivity index (χ1v) is 9.58. The summed E-state index contributed by atoms with van der Waals surface area (Å²) in [7, 11) is 0. The second kappa shape index (κ2) is 6.96. The van der Waals surface area contributed by atoms with Crippen molar-refractivity contribution in [3.8, 4) is 11.3 Å². The molecule has 0 atom stereocenters. The first kappa shape index (κ1) is 18.0. The van der Waals surface area contributed by atoms with Crippen LogP contribution in [0, 0.1) is 13.8 Å². The Hall–Kier alpha value is -2.41. The molecule has 3 aromatic heterocycles. The number of nitrogens with zero attached hydrogens (tertiary/aromatic N) is 3. The normalized spacial score (nSPS) is 11.7. The van der Waals surface area contributed by atoms with Gasteiger partial charge in [0.15, 0.2) is 0 Å². The Balaban J connectivity index is 1.68. The van der Waals surface area contributed by atoms with Crippen LogP contribution in [0.15, 0.2) is 51.0 Å². The van der Waals surface area contributed by atoms with Gasteiger partial charge in [-0.2, -0.15) is 9.78 Å². The monoisotopic (exact) mass is 417 g/mol. The fourth-order valence-corrected chi connectivity index (χ4v) is 4.05. The lowest BCUT2D eigenvalue weighted by Gasteiger charge is -2.01. The minimum absolute atomic E-state index is 0.206. The van der Waals surface area contributed by atoms with Crippen LogP contribution < -0.4 is 5.56 Å². The Bertz CT molecular complexity index is 1250. The topological polar surface area (TPSA) is 60.4 Å². The third kappa shape index (κ3) is 3.32. The SMILES string of the molecule is Cc1sc2ncn(/N=C/c3ccc(-c4cc(Cl)ccc4Cl)o3)c(=O)c2c1C. The third-order valence-corrected chi connectivity index (χ3v) is 5.88. The maximum atomic E-state index is 12.6. The van der Waals surface area contributed by atoms with Gasteiger partial charge in [0.1, 0.15) is 22.7 Å². The van der Waals surface area contributed by atoms with Crippen LogP contribution in [0.1, 0.15) is 16.2 Å². The maximum Gasteiger partial charge on any atom is 0.282 e. The van der Waals surface area contributed by atoms with Crippen LogP contribution in [0.4, 0.5) is 0 Å². The zero-order valence-corrected chi connectivity index (χ0v) is 16.7. The molecule has 8 heteroatoms. The number of rotatable bonds is 3. The third-order valence-electron chi connectivity index (χ3n) is 4.20. The van der Waals surface area contributed by atoms with Gasteiger partial charge in [-0.15, -0.1) is 11.3 Å². The van der Waals surface area contributed by atoms with Crippen LogP contribution >= 0.6 is 34.5 Å². The van der Waals surface area contributed by atoms with Crippen molar-refractivity contribution in [2.24, 2.45) is 5.10 Å². The number of fused-ring (bicyclic) bond motifs is 1. The van der Waals surface area contributed by atoms with Crippen molar-refractivity contribution < 1.29 is 4.42 Å². The van der Waals surface area contributed by atoms with Gasteiger partial charge in [-0.3, -0.25) is 4.79 Å². The molecule has 0 aliphatic carbocycles. The largest absolute Gasteiger partial charge is 0.455 e. The lowest BCUT2D eigenvalue weighted by Crippen LogP contribution is -2.16. The molecule has 0 aliphatic heterocycles. The molecule has 5 nitrogen and oxygen atoms in total. The van der Waals surface area contributed by atoms with Crippen molar-refractivity contribution in [2.45, 2.75) is 13.8 Å². The zero-order valence-electron chi connectivity index (χ0n) is 14.4. The first-order valence-electron chi connectivity index (χ1n) is 8.01. The molecule has 0 unspecified atom stereocenters. The van der Waals surface area contributed by atoms with E-state index in [1.54, 1.807) is 30.3 Å². The van der Waals surface area contributed by atoms with Crippen molar-refractivity contribution >= 4 is 51.0 Å². The van der Waals surface area contributed by atoms with Crippen molar-refractivity contribution in [1.29, 1.82) is 0 Å². The average molecular weight is 418 g/mol. The van der Waals surface area contributed by atoms with Gasteiger partial charge < -0.3 is 4.42 Å². The highest BCUT2D eigenvalue weighted by Crippen LogP contribution is 2.31. The molecule has 0 saturated heterocycles. The van der Waals surface area contributed by atoms with Gasteiger partial charge in [0.05, 0.1) is 16.6 Å². The Morgan fingerprint density at radius 1 is 1.22 bits per heavy atom. The summed E-state index contributed by atoms with van der Waals surface area (Å²) in [5.74, 6) is 1.04. The van der Waals surface area contributed by atoms with Gasteiger partial charge in [-0.1, -0.05) is 23.2 Å². The molecule has 4 rings (SSSR count). The summed E-state index contributed by atoms with van der Waals surface area (Å²) in [6.07, 6.45) is 2.87. The smallest absolute Gasteiger partial charge is 0.282 e. The molecule has 136 valence electrons. The number of halogens is 2. The molecule has 0 amide bonds.